The first kappa shape index (κ1) is 27.1. The van der Waals surface area contributed by atoms with E-state index >= 15 is 0 Å². The molecule has 3 amide bonds. The number of benzene rings is 2. The minimum Gasteiger partial charge on any atom is -0.497 e. The van der Waals surface area contributed by atoms with Crippen molar-refractivity contribution >= 4 is 17.7 Å². The number of hydrogen-bond acceptors (Lipinski definition) is 6. The number of methoxy groups -OCH3 is 1. The summed E-state index contributed by atoms with van der Waals surface area (Å²) in [5.74, 6) is -0.436. The van der Waals surface area contributed by atoms with Gasteiger partial charge in [-0.15, -0.1) is 0 Å². The van der Waals surface area contributed by atoms with Gasteiger partial charge in [-0.3, -0.25) is 14.4 Å². The molecular weight excluding hydrogens is 503 g/mol. The number of nitrogens with one attached hydrogen (secondary N) is 1. The van der Waals surface area contributed by atoms with Gasteiger partial charge in [0.05, 0.1) is 19.3 Å². The lowest BCUT2D eigenvalue weighted by molar-refractivity contribution is -0.135. The third kappa shape index (κ3) is 6.07. The normalized spacial score (nSPS) is 23.1. The zero-order chi connectivity index (χ0) is 27.4. The Morgan fingerprint density at radius 1 is 1.05 bits per heavy atom. The van der Waals surface area contributed by atoms with Crippen LogP contribution in [0.15, 0.2) is 48.5 Å². The highest BCUT2D eigenvalue weighted by atomic mass is 19.1. The molecule has 9 nitrogen and oxygen atoms in total. The van der Waals surface area contributed by atoms with Crippen molar-refractivity contribution in [2.24, 2.45) is 0 Å². The minimum absolute atomic E-state index is 0.101. The summed E-state index contributed by atoms with van der Waals surface area (Å²) in [7, 11) is 1.57. The van der Waals surface area contributed by atoms with Crippen LogP contribution in [0.3, 0.4) is 0 Å². The van der Waals surface area contributed by atoms with Crippen molar-refractivity contribution in [2.45, 2.75) is 37.5 Å². The molecule has 39 heavy (non-hydrogen) atoms. The van der Waals surface area contributed by atoms with Gasteiger partial charge in [0.15, 0.2) is 0 Å². The molecule has 3 aliphatic heterocycles. The van der Waals surface area contributed by atoms with Crippen LogP contribution in [-0.4, -0.2) is 104 Å². The van der Waals surface area contributed by atoms with Crippen LogP contribution in [0.2, 0.25) is 0 Å². The van der Waals surface area contributed by atoms with Crippen molar-refractivity contribution in [3.63, 3.8) is 0 Å². The maximum atomic E-state index is 13.9. The lowest BCUT2D eigenvalue weighted by atomic mass is 10.1. The van der Waals surface area contributed by atoms with Gasteiger partial charge in [-0.1, -0.05) is 0 Å². The summed E-state index contributed by atoms with van der Waals surface area (Å²) in [6.07, 6.45) is 2.00. The molecule has 2 aromatic rings. The Balaban J connectivity index is 1.44. The smallest absolute Gasteiger partial charge is 0.254 e. The minimum atomic E-state index is -0.721. The molecule has 0 bridgehead atoms. The summed E-state index contributed by atoms with van der Waals surface area (Å²) >= 11 is 0. The van der Waals surface area contributed by atoms with Crippen LogP contribution in [0.4, 0.5) is 4.39 Å². The number of likely N-dealkylation sites (tertiary alicyclic amines) is 1. The lowest BCUT2D eigenvalue weighted by Crippen LogP contribution is -2.53. The number of nitrogens with zero attached hydrogens (tertiary/aromatic N) is 3. The Kier molecular flexibility index (Phi) is 8.42. The second-order valence-electron chi connectivity index (χ2n) is 10.3. The van der Waals surface area contributed by atoms with E-state index in [1.165, 1.54) is 24.3 Å². The molecule has 0 radical (unpaired) electrons. The maximum Gasteiger partial charge on any atom is 0.254 e. The SMILES string of the molecule is COc1ccc(C(=O)N(CC2CCCO2)C2CC(C(=O)N3CCNCC3)N(C(=O)c3ccc(F)cc3)C2)cc1. The van der Waals surface area contributed by atoms with Crippen LogP contribution in [-0.2, 0) is 9.53 Å². The quantitative estimate of drug-likeness (QED) is 0.581. The summed E-state index contributed by atoms with van der Waals surface area (Å²) in [4.78, 5) is 46.4. The summed E-state index contributed by atoms with van der Waals surface area (Å²) < 4.78 is 24.7. The molecule has 0 spiro atoms. The number of piperazine rings is 1. The average molecular weight is 539 g/mol. The van der Waals surface area contributed by atoms with Gasteiger partial charge in [-0.25, -0.2) is 4.39 Å². The van der Waals surface area contributed by atoms with E-state index in [0.29, 0.717) is 62.6 Å². The van der Waals surface area contributed by atoms with Gasteiger partial charge in [-0.2, -0.15) is 0 Å². The molecule has 2 aromatic carbocycles. The Bertz CT molecular complexity index is 1160. The van der Waals surface area contributed by atoms with Gasteiger partial charge in [0, 0.05) is 57.0 Å². The molecule has 3 aliphatic rings. The van der Waals surface area contributed by atoms with Crippen molar-refractivity contribution in [3.8, 4) is 5.75 Å². The van der Waals surface area contributed by atoms with Gasteiger partial charge >= 0.3 is 0 Å². The number of carbonyl (C=O) groups excluding carboxylic acids is 3. The predicted molar refractivity (Wildman–Crippen MR) is 142 cm³/mol. The molecule has 3 unspecified atom stereocenters. The van der Waals surface area contributed by atoms with Crippen LogP contribution >= 0.6 is 0 Å². The van der Waals surface area contributed by atoms with E-state index in [2.05, 4.69) is 5.32 Å². The number of hydrogen-bond donors (Lipinski definition) is 1. The molecule has 0 aliphatic carbocycles. The largest absolute Gasteiger partial charge is 0.497 e. The number of ether oxygens (including phenoxy) is 2. The molecular formula is C29H35FN4O5. The van der Waals surface area contributed by atoms with E-state index in [0.717, 1.165) is 12.8 Å². The third-order valence-electron chi connectivity index (χ3n) is 7.81. The zero-order valence-electron chi connectivity index (χ0n) is 22.2. The molecule has 3 saturated heterocycles. The molecule has 3 fully saturated rings. The molecule has 0 saturated carbocycles. The van der Waals surface area contributed by atoms with Crippen LogP contribution in [0.1, 0.15) is 40.0 Å². The van der Waals surface area contributed by atoms with Crippen LogP contribution in [0.25, 0.3) is 0 Å². The summed E-state index contributed by atoms with van der Waals surface area (Å²) in [6.45, 7) is 3.73. The molecule has 1 N–H and O–H groups in total. The standard InChI is InChI=1S/C29H35FN4O5/c1-38-24-10-6-21(7-11-24)27(35)33(19-25-3-2-16-39-25)23-17-26(29(37)32-14-12-31-13-15-32)34(18-23)28(36)20-4-8-22(30)9-5-20/h4-11,23,25-26,31H,2-3,12-19H2,1H3. The molecule has 0 aromatic heterocycles. The molecule has 208 valence electrons. The first-order chi connectivity index (χ1) is 18.9. The molecule has 3 atom stereocenters. The second kappa shape index (κ2) is 12.1. The van der Waals surface area contributed by atoms with E-state index in [-0.39, 0.29) is 36.4 Å². The number of carbonyl (C=O) groups is 3. The van der Waals surface area contributed by atoms with Crippen molar-refractivity contribution in [1.29, 1.82) is 0 Å². The van der Waals surface area contributed by atoms with Gasteiger partial charge in [-0.05, 0) is 67.8 Å². The van der Waals surface area contributed by atoms with E-state index in [1.54, 1.807) is 46.1 Å². The van der Waals surface area contributed by atoms with Crippen molar-refractivity contribution in [3.05, 3.63) is 65.5 Å². The van der Waals surface area contributed by atoms with E-state index in [4.69, 9.17) is 9.47 Å². The van der Waals surface area contributed by atoms with Crippen molar-refractivity contribution < 1.29 is 28.2 Å². The third-order valence-corrected chi connectivity index (χ3v) is 7.81. The van der Waals surface area contributed by atoms with Crippen molar-refractivity contribution in [2.75, 3.05) is 53.0 Å². The van der Waals surface area contributed by atoms with Crippen LogP contribution < -0.4 is 10.1 Å². The fraction of sp³-hybridized carbons (Fsp3) is 0.483. The highest BCUT2D eigenvalue weighted by Gasteiger charge is 2.45. The summed E-state index contributed by atoms with van der Waals surface area (Å²) in [5.41, 5.74) is 0.810. The Hall–Kier alpha value is -3.50. The average Bonchev–Trinajstić information content (AvgIpc) is 3.66. The molecule has 5 rings (SSSR count). The first-order valence-electron chi connectivity index (χ1n) is 13.6. The van der Waals surface area contributed by atoms with E-state index in [1.807, 2.05) is 0 Å². The van der Waals surface area contributed by atoms with E-state index < -0.39 is 11.9 Å². The molecule has 3 heterocycles. The highest BCUT2D eigenvalue weighted by molar-refractivity contribution is 5.99. The monoisotopic (exact) mass is 538 g/mol. The number of amides is 3. The Morgan fingerprint density at radius 2 is 1.74 bits per heavy atom. The first-order valence-corrected chi connectivity index (χ1v) is 13.6. The Labute approximate surface area is 227 Å². The Morgan fingerprint density at radius 3 is 2.38 bits per heavy atom. The van der Waals surface area contributed by atoms with E-state index in [9.17, 15) is 18.8 Å². The highest BCUT2D eigenvalue weighted by Crippen LogP contribution is 2.29. The summed E-state index contributed by atoms with van der Waals surface area (Å²) in [6, 6.07) is 11.2. The van der Waals surface area contributed by atoms with Crippen molar-refractivity contribution in [1.82, 2.24) is 20.0 Å². The fourth-order valence-electron chi connectivity index (χ4n) is 5.66. The van der Waals surface area contributed by atoms with Gasteiger partial charge < -0.3 is 29.5 Å². The number of halogens is 1. The predicted octanol–water partition coefficient (Wildman–Crippen LogP) is 2.17. The van der Waals surface area contributed by atoms with Crippen LogP contribution in [0.5, 0.6) is 5.75 Å². The van der Waals surface area contributed by atoms with Gasteiger partial charge in [0.2, 0.25) is 5.91 Å². The maximum absolute atomic E-state index is 13.9. The lowest BCUT2D eigenvalue weighted by Gasteiger charge is -2.32. The second-order valence-corrected chi connectivity index (χ2v) is 10.3. The van der Waals surface area contributed by atoms with Gasteiger partial charge in [0.1, 0.15) is 17.6 Å². The van der Waals surface area contributed by atoms with Gasteiger partial charge in [0.25, 0.3) is 11.8 Å². The molecule has 10 heteroatoms. The number of rotatable bonds is 7. The summed E-state index contributed by atoms with van der Waals surface area (Å²) in [5, 5.41) is 3.25. The fourth-order valence-corrected chi connectivity index (χ4v) is 5.66. The topological polar surface area (TPSA) is 91.4 Å². The zero-order valence-corrected chi connectivity index (χ0v) is 22.2. The van der Waals surface area contributed by atoms with Crippen LogP contribution in [0, 0.1) is 5.82 Å².